The molecule has 1 amide bonds. The largest absolute Gasteiger partial charge is 0.493 e. The number of hydrogen-bond acceptors (Lipinski definition) is 5. The van der Waals surface area contributed by atoms with Gasteiger partial charge in [0.15, 0.2) is 11.5 Å². The first-order valence-electron chi connectivity index (χ1n) is 9.97. The molecule has 0 unspecified atom stereocenters. The normalized spacial score (nSPS) is 10.5. The molecule has 0 aliphatic carbocycles. The summed E-state index contributed by atoms with van der Waals surface area (Å²) in [5.74, 6) is 1.43. The van der Waals surface area contributed by atoms with Crippen molar-refractivity contribution in [3.8, 4) is 34.2 Å². The first kappa shape index (κ1) is 21.0. The van der Waals surface area contributed by atoms with Crippen LogP contribution in [0.2, 0.25) is 0 Å². The van der Waals surface area contributed by atoms with E-state index >= 15 is 0 Å². The molecule has 0 bridgehead atoms. The molecular weight excluding hydrogens is 406 g/mol. The fourth-order valence-electron chi connectivity index (χ4n) is 3.39. The van der Waals surface area contributed by atoms with Gasteiger partial charge in [0.1, 0.15) is 5.82 Å². The zero-order chi connectivity index (χ0) is 22.5. The lowest BCUT2D eigenvalue weighted by Crippen LogP contribution is -2.15. The van der Waals surface area contributed by atoms with Gasteiger partial charge in [-0.2, -0.15) is 5.10 Å². The van der Waals surface area contributed by atoms with E-state index in [2.05, 4.69) is 5.32 Å². The molecule has 162 valence electrons. The first-order chi connectivity index (χ1) is 15.6. The molecule has 0 aliphatic rings. The van der Waals surface area contributed by atoms with Crippen LogP contribution in [0.4, 0.5) is 5.82 Å². The first-order valence-corrected chi connectivity index (χ1v) is 9.97. The Balaban J connectivity index is 1.74. The van der Waals surface area contributed by atoms with E-state index in [9.17, 15) is 4.79 Å². The summed E-state index contributed by atoms with van der Waals surface area (Å²) in [7, 11) is 4.54. The smallest absolute Gasteiger partial charge is 0.257 e. The van der Waals surface area contributed by atoms with Crippen molar-refractivity contribution in [3.63, 3.8) is 0 Å². The van der Waals surface area contributed by atoms with Crippen molar-refractivity contribution in [1.82, 2.24) is 9.78 Å². The van der Waals surface area contributed by atoms with Crippen molar-refractivity contribution in [2.75, 3.05) is 26.6 Å². The van der Waals surface area contributed by atoms with Gasteiger partial charge in [-0.05, 0) is 24.3 Å². The van der Waals surface area contributed by atoms with Crippen LogP contribution in [0.25, 0.3) is 16.9 Å². The molecule has 4 aromatic rings. The van der Waals surface area contributed by atoms with Crippen LogP contribution in [0.15, 0.2) is 78.9 Å². The quantitative estimate of drug-likeness (QED) is 0.456. The van der Waals surface area contributed by atoms with E-state index < -0.39 is 0 Å². The molecule has 0 atom stereocenters. The summed E-state index contributed by atoms with van der Waals surface area (Å²) in [6.07, 6.45) is 0. The van der Waals surface area contributed by atoms with Gasteiger partial charge in [0.25, 0.3) is 5.91 Å². The lowest BCUT2D eigenvalue weighted by Gasteiger charge is -2.14. The summed E-state index contributed by atoms with van der Waals surface area (Å²) in [6.45, 7) is 0. The third-order valence-electron chi connectivity index (χ3n) is 4.95. The van der Waals surface area contributed by atoms with Gasteiger partial charge in [0.2, 0.25) is 5.75 Å². The minimum absolute atomic E-state index is 0.332. The molecule has 1 aromatic heterocycles. The zero-order valence-electron chi connectivity index (χ0n) is 18.0. The van der Waals surface area contributed by atoms with Gasteiger partial charge in [-0.15, -0.1) is 0 Å². The fraction of sp³-hybridized carbons (Fsp3) is 0.120. The van der Waals surface area contributed by atoms with E-state index in [1.807, 2.05) is 66.7 Å². The molecule has 0 spiro atoms. The molecule has 0 saturated heterocycles. The second-order valence-electron chi connectivity index (χ2n) is 6.90. The number of hydrogen-bond donors (Lipinski definition) is 1. The van der Waals surface area contributed by atoms with E-state index in [4.69, 9.17) is 19.3 Å². The molecule has 0 fully saturated rings. The van der Waals surface area contributed by atoms with E-state index in [0.29, 0.717) is 28.6 Å². The second-order valence-corrected chi connectivity index (χ2v) is 6.90. The van der Waals surface area contributed by atoms with Gasteiger partial charge in [-0.25, -0.2) is 4.68 Å². The lowest BCUT2D eigenvalue weighted by atomic mass is 10.1. The number of ether oxygens (including phenoxy) is 3. The minimum atomic E-state index is -0.332. The maximum absolute atomic E-state index is 13.2. The molecule has 0 aliphatic heterocycles. The third-order valence-corrected chi connectivity index (χ3v) is 4.95. The molecule has 1 N–H and O–H groups in total. The summed E-state index contributed by atoms with van der Waals surface area (Å²) in [4.78, 5) is 13.2. The Labute approximate surface area is 186 Å². The van der Waals surface area contributed by atoms with Crippen LogP contribution in [0.1, 0.15) is 10.4 Å². The van der Waals surface area contributed by atoms with Crippen LogP contribution in [-0.4, -0.2) is 37.0 Å². The van der Waals surface area contributed by atoms with Gasteiger partial charge in [-0.3, -0.25) is 4.79 Å². The Morgan fingerprint density at radius 2 is 1.41 bits per heavy atom. The fourth-order valence-corrected chi connectivity index (χ4v) is 3.39. The van der Waals surface area contributed by atoms with Crippen LogP contribution in [0.3, 0.4) is 0 Å². The molecule has 0 radical (unpaired) electrons. The summed E-state index contributed by atoms with van der Waals surface area (Å²) >= 11 is 0. The summed E-state index contributed by atoms with van der Waals surface area (Å²) in [5, 5.41) is 7.69. The van der Waals surface area contributed by atoms with Gasteiger partial charge in [-0.1, -0.05) is 48.5 Å². The van der Waals surface area contributed by atoms with Crippen LogP contribution in [0.5, 0.6) is 17.2 Å². The van der Waals surface area contributed by atoms with Crippen LogP contribution >= 0.6 is 0 Å². The number of carbonyl (C=O) groups excluding carboxylic acids is 1. The highest BCUT2D eigenvalue weighted by Gasteiger charge is 2.19. The van der Waals surface area contributed by atoms with Crippen molar-refractivity contribution < 1.29 is 19.0 Å². The van der Waals surface area contributed by atoms with Crippen molar-refractivity contribution in [3.05, 3.63) is 84.4 Å². The SMILES string of the molecule is COc1cc(C(=O)Nc2cc(-c3ccccc3)nn2-c2ccccc2)cc(OC)c1OC. The number of benzene rings is 3. The van der Waals surface area contributed by atoms with E-state index in [1.165, 1.54) is 21.3 Å². The maximum atomic E-state index is 13.2. The number of aromatic nitrogens is 2. The van der Waals surface area contributed by atoms with E-state index in [0.717, 1.165) is 16.9 Å². The maximum Gasteiger partial charge on any atom is 0.257 e. The molecule has 32 heavy (non-hydrogen) atoms. The van der Waals surface area contributed by atoms with Crippen LogP contribution in [0, 0.1) is 0 Å². The Kier molecular flexibility index (Phi) is 6.07. The van der Waals surface area contributed by atoms with Crippen LogP contribution in [-0.2, 0) is 0 Å². The number of methoxy groups -OCH3 is 3. The van der Waals surface area contributed by atoms with Gasteiger partial charge in [0.05, 0.1) is 32.7 Å². The number of anilines is 1. The standard InChI is InChI=1S/C25H23N3O4/c1-30-21-14-18(15-22(31-2)24(21)32-3)25(29)26-23-16-20(17-10-6-4-7-11-17)27-28(23)19-12-8-5-9-13-19/h4-16H,1-3H3,(H,26,29). The summed E-state index contributed by atoms with van der Waals surface area (Å²) in [6, 6.07) is 24.5. The van der Waals surface area contributed by atoms with Gasteiger partial charge in [0, 0.05) is 17.2 Å². The Bertz CT molecular complexity index is 1200. The topological polar surface area (TPSA) is 74.6 Å². The van der Waals surface area contributed by atoms with Gasteiger partial charge >= 0.3 is 0 Å². The summed E-state index contributed by atoms with van der Waals surface area (Å²) < 4.78 is 17.8. The predicted molar refractivity (Wildman–Crippen MR) is 123 cm³/mol. The van der Waals surface area contributed by atoms with Crippen LogP contribution < -0.4 is 19.5 Å². The second kappa shape index (κ2) is 9.26. The molecular formula is C25H23N3O4. The third kappa shape index (κ3) is 4.13. The number of rotatable bonds is 7. The highest BCUT2D eigenvalue weighted by molar-refractivity contribution is 6.05. The van der Waals surface area contributed by atoms with Crippen molar-refractivity contribution in [2.24, 2.45) is 0 Å². The van der Waals surface area contributed by atoms with Crippen molar-refractivity contribution >= 4 is 11.7 Å². The van der Waals surface area contributed by atoms with Crippen molar-refractivity contribution in [1.29, 1.82) is 0 Å². The number of amides is 1. The average Bonchev–Trinajstić information content (AvgIpc) is 3.27. The van der Waals surface area contributed by atoms with Crippen molar-refractivity contribution in [2.45, 2.75) is 0 Å². The molecule has 3 aromatic carbocycles. The Morgan fingerprint density at radius 1 is 0.812 bits per heavy atom. The molecule has 1 heterocycles. The number of para-hydroxylation sites is 1. The molecule has 4 rings (SSSR count). The number of carbonyl (C=O) groups is 1. The Morgan fingerprint density at radius 3 is 1.97 bits per heavy atom. The average molecular weight is 429 g/mol. The number of nitrogens with one attached hydrogen (secondary N) is 1. The van der Waals surface area contributed by atoms with Gasteiger partial charge < -0.3 is 19.5 Å². The predicted octanol–water partition coefficient (Wildman–Crippen LogP) is 4.82. The minimum Gasteiger partial charge on any atom is -0.493 e. The van der Waals surface area contributed by atoms with E-state index in [-0.39, 0.29) is 5.91 Å². The Hall–Kier alpha value is -4.26. The number of nitrogens with zero attached hydrogens (tertiary/aromatic N) is 2. The molecule has 7 nitrogen and oxygen atoms in total. The highest BCUT2D eigenvalue weighted by Crippen LogP contribution is 2.38. The zero-order valence-corrected chi connectivity index (χ0v) is 18.0. The lowest BCUT2D eigenvalue weighted by molar-refractivity contribution is 0.102. The highest BCUT2D eigenvalue weighted by atomic mass is 16.5. The molecule has 7 heteroatoms. The monoisotopic (exact) mass is 429 g/mol. The molecule has 0 saturated carbocycles. The summed E-state index contributed by atoms with van der Waals surface area (Å²) in [5.41, 5.74) is 2.89. The van der Waals surface area contributed by atoms with E-state index in [1.54, 1.807) is 16.8 Å².